The van der Waals surface area contributed by atoms with Gasteiger partial charge in [-0.25, -0.2) is 9.37 Å². The molecular weight excluding hydrogens is 257 g/mol. The van der Waals surface area contributed by atoms with E-state index < -0.39 is 0 Å². The predicted octanol–water partition coefficient (Wildman–Crippen LogP) is 2.33. The number of nitrogens with one attached hydrogen (secondary N) is 1. The van der Waals surface area contributed by atoms with Gasteiger partial charge in [-0.2, -0.15) is 0 Å². The molecular formula is C15H24FN3O. The highest BCUT2D eigenvalue weighted by atomic mass is 19.1. The summed E-state index contributed by atoms with van der Waals surface area (Å²) in [5, 5.41) is 3.24. The molecule has 1 N–H and O–H groups in total. The lowest BCUT2D eigenvalue weighted by Gasteiger charge is -2.37. The zero-order valence-electron chi connectivity index (χ0n) is 12.7. The van der Waals surface area contributed by atoms with Gasteiger partial charge in [0.15, 0.2) is 11.6 Å². The number of anilines is 1. The smallest absolute Gasteiger partial charge is 0.170 e. The number of ether oxygens (including phenoxy) is 1. The van der Waals surface area contributed by atoms with Gasteiger partial charge in [0, 0.05) is 30.9 Å². The monoisotopic (exact) mass is 281 g/mol. The number of morpholine rings is 1. The largest absolute Gasteiger partial charge is 0.375 e. The van der Waals surface area contributed by atoms with Crippen LogP contribution in [0.5, 0.6) is 0 Å². The standard InChI is InChI=1S/C15H24FN3O/c1-10(2)18-7-13-5-6-17-15(14(13)16)19-8-12(4)20-9-11(19)3/h5-6,10-12,18H,7-9H2,1-4H3. The van der Waals surface area contributed by atoms with E-state index in [0.717, 1.165) is 0 Å². The summed E-state index contributed by atoms with van der Waals surface area (Å²) in [6, 6.07) is 2.21. The first-order chi connectivity index (χ1) is 9.49. The topological polar surface area (TPSA) is 37.4 Å². The summed E-state index contributed by atoms with van der Waals surface area (Å²) in [6.45, 7) is 9.93. The van der Waals surface area contributed by atoms with Crippen LogP contribution in [0.1, 0.15) is 33.3 Å². The normalized spacial score (nSPS) is 23.4. The van der Waals surface area contributed by atoms with E-state index >= 15 is 0 Å². The molecule has 2 atom stereocenters. The van der Waals surface area contributed by atoms with E-state index in [1.165, 1.54) is 0 Å². The Labute approximate surface area is 120 Å². The summed E-state index contributed by atoms with van der Waals surface area (Å²) in [7, 11) is 0. The molecule has 1 aliphatic rings. The Kier molecular flexibility index (Phi) is 4.94. The Bertz CT molecular complexity index is 453. The first-order valence-corrected chi connectivity index (χ1v) is 7.24. The summed E-state index contributed by atoms with van der Waals surface area (Å²) in [6.07, 6.45) is 1.78. The van der Waals surface area contributed by atoms with Gasteiger partial charge in [-0.15, -0.1) is 0 Å². The molecule has 1 aliphatic heterocycles. The third-order valence-corrected chi connectivity index (χ3v) is 3.53. The Morgan fingerprint density at radius 3 is 2.95 bits per heavy atom. The second-order valence-electron chi connectivity index (χ2n) is 5.79. The predicted molar refractivity (Wildman–Crippen MR) is 78.4 cm³/mol. The Morgan fingerprint density at radius 2 is 2.25 bits per heavy atom. The highest BCUT2D eigenvalue weighted by Gasteiger charge is 2.27. The molecule has 0 spiro atoms. The number of aromatic nitrogens is 1. The van der Waals surface area contributed by atoms with E-state index in [4.69, 9.17) is 4.74 Å². The molecule has 1 fully saturated rings. The number of rotatable bonds is 4. The van der Waals surface area contributed by atoms with Crippen molar-refractivity contribution in [1.29, 1.82) is 0 Å². The van der Waals surface area contributed by atoms with Crippen LogP contribution in [-0.2, 0) is 11.3 Å². The summed E-state index contributed by atoms with van der Waals surface area (Å²) >= 11 is 0. The molecule has 0 amide bonds. The van der Waals surface area contributed by atoms with Crippen molar-refractivity contribution in [3.63, 3.8) is 0 Å². The van der Waals surface area contributed by atoms with Crippen LogP contribution < -0.4 is 10.2 Å². The molecule has 1 aromatic heterocycles. The molecule has 2 heterocycles. The molecule has 0 saturated carbocycles. The maximum atomic E-state index is 14.6. The van der Waals surface area contributed by atoms with Crippen molar-refractivity contribution in [3.8, 4) is 0 Å². The molecule has 112 valence electrons. The zero-order chi connectivity index (χ0) is 14.7. The van der Waals surface area contributed by atoms with Crippen molar-refractivity contribution in [2.24, 2.45) is 0 Å². The van der Waals surface area contributed by atoms with Crippen molar-refractivity contribution < 1.29 is 9.13 Å². The lowest BCUT2D eigenvalue weighted by atomic mass is 10.1. The highest BCUT2D eigenvalue weighted by Crippen LogP contribution is 2.24. The number of pyridine rings is 1. The van der Waals surface area contributed by atoms with E-state index in [0.29, 0.717) is 37.1 Å². The highest BCUT2D eigenvalue weighted by molar-refractivity contribution is 5.44. The van der Waals surface area contributed by atoms with Crippen molar-refractivity contribution in [2.45, 2.75) is 52.4 Å². The summed E-state index contributed by atoms with van der Waals surface area (Å²) in [4.78, 5) is 6.24. The van der Waals surface area contributed by atoms with Crippen molar-refractivity contribution >= 4 is 5.82 Å². The maximum Gasteiger partial charge on any atom is 0.170 e. The quantitative estimate of drug-likeness (QED) is 0.919. The van der Waals surface area contributed by atoms with E-state index in [1.807, 2.05) is 32.6 Å². The molecule has 1 saturated heterocycles. The lowest BCUT2D eigenvalue weighted by Crippen LogP contribution is -2.48. The fourth-order valence-corrected chi connectivity index (χ4v) is 2.32. The molecule has 0 bridgehead atoms. The first-order valence-electron chi connectivity index (χ1n) is 7.24. The molecule has 2 rings (SSSR count). The van der Waals surface area contributed by atoms with Crippen LogP contribution in [0.4, 0.5) is 10.2 Å². The van der Waals surface area contributed by atoms with Crippen LogP contribution in [0.3, 0.4) is 0 Å². The van der Waals surface area contributed by atoms with E-state index in [-0.39, 0.29) is 18.0 Å². The fourth-order valence-electron chi connectivity index (χ4n) is 2.32. The van der Waals surface area contributed by atoms with Crippen LogP contribution in [0, 0.1) is 5.82 Å². The van der Waals surface area contributed by atoms with Crippen LogP contribution in [-0.4, -0.2) is 36.3 Å². The fraction of sp³-hybridized carbons (Fsp3) is 0.667. The Balaban J connectivity index is 2.20. The summed E-state index contributed by atoms with van der Waals surface area (Å²) in [5.41, 5.74) is 0.662. The van der Waals surface area contributed by atoms with E-state index in [9.17, 15) is 4.39 Å². The second-order valence-corrected chi connectivity index (χ2v) is 5.79. The SMILES string of the molecule is CC(C)NCc1ccnc(N2CC(C)OCC2C)c1F. The molecule has 0 aliphatic carbocycles. The van der Waals surface area contributed by atoms with Gasteiger partial charge in [-0.05, 0) is 19.9 Å². The number of halogens is 1. The lowest BCUT2D eigenvalue weighted by molar-refractivity contribution is 0.0337. The molecule has 0 radical (unpaired) electrons. The molecule has 2 unspecified atom stereocenters. The van der Waals surface area contributed by atoms with Crippen molar-refractivity contribution in [2.75, 3.05) is 18.1 Å². The zero-order valence-corrected chi connectivity index (χ0v) is 12.7. The molecule has 4 nitrogen and oxygen atoms in total. The minimum absolute atomic E-state index is 0.102. The third-order valence-electron chi connectivity index (χ3n) is 3.53. The van der Waals surface area contributed by atoms with Gasteiger partial charge in [0.2, 0.25) is 0 Å². The molecule has 5 heteroatoms. The molecule has 0 aromatic carbocycles. The maximum absolute atomic E-state index is 14.6. The van der Waals surface area contributed by atoms with Crippen LogP contribution in [0.25, 0.3) is 0 Å². The molecule has 20 heavy (non-hydrogen) atoms. The second kappa shape index (κ2) is 6.50. The Hall–Kier alpha value is -1.20. The minimum Gasteiger partial charge on any atom is -0.375 e. The van der Waals surface area contributed by atoms with Crippen LogP contribution in [0.15, 0.2) is 12.3 Å². The molecule has 1 aromatic rings. The van der Waals surface area contributed by atoms with Gasteiger partial charge >= 0.3 is 0 Å². The first kappa shape index (κ1) is 15.2. The van der Waals surface area contributed by atoms with Crippen LogP contribution in [0.2, 0.25) is 0 Å². The Morgan fingerprint density at radius 1 is 1.50 bits per heavy atom. The minimum atomic E-state index is -0.221. The van der Waals surface area contributed by atoms with Gasteiger partial charge in [0.05, 0.1) is 18.8 Å². The van der Waals surface area contributed by atoms with Crippen LogP contribution >= 0.6 is 0 Å². The van der Waals surface area contributed by atoms with Crippen molar-refractivity contribution in [3.05, 3.63) is 23.6 Å². The van der Waals surface area contributed by atoms with Crippen molar-refractivity contribution in [1.82, 2.24) is 10.3 Å². The van der Waals surface area contributed by atoms with Gasteiger partial charge in [-0.3, -0.25) is 0 Å². The van der Waals surface area contributed by atoms with Gasteiger partial charge in [-0.1, -0.05) is 13.8 Å². The van der Waals surface area contributed by atoms with E-state index in [2.05, 4.69) is 10.3 Å². The summed E-state index contributed by atoms with van der Waals surface area (Å²) < 4.78 is 20.2. The van der Waals surface area contributed by atoms with E-state index in [1.54, 1.807) is 12.3 Å². The van der Waals surface area contributed by atoms with Gasteiger partial charge in [0.1, 0.15) is 0 Å². The number of hydrogen-bond acceptors (Lipinski definition) is 4. The average Bonchev–Trinajstić information content (AvgIpc) is 2.40. The van der Waals surface area contributed by atoms with Gasteiger partial charge in [0.25, 0.3) is 0 Å². The average molecular weight is 281 g/mol. The van der Waals surface area contributed by atoms with Gasteiger partial charge < -0.3 is 15.0 Å². The summed E-state index contributed by atoms with van der Waals surface area (Å²) in [5.74, 6) is 0.220. The third kappa shape index (κ3) is 3.46. The number of hydrogen-bond donors (Lipinski definition) is 1. The number of nitrogens with zero attached hydrogens (tertiary/aromatic N) is 2.